The van der Waals surface area contributed by atoms with Gasteiger partial charge in [0.25, 0.3) is 0 Å². The standard InChI is InChI=1S/C23H27N3O7S/c1-5-33-23(29)19-14-8-6-7-9-18(14)34-22(19)25-20(27)21(28)26-24-12-13-10-16(31-3)17(32-4)11-15(13)30-2/h10-12H,5-9H2,1-4H3,(H,25,27)(H,26,28). The fourth-order valence-corrected chi connectivity index (χ4v) is 4.87. The Morgan fingerprint density at radius 3 is 2.35 bits per heavy atom. The number of benzene rings is 1. The van der Waals surface area contributed by atoms with Crippen molar-refractivity contribution < 1.29 is 33.3 Å². The zero-order chi connectivity index (χ0) is 24.7. The van der Waals surface area contributed by atoms with E-state index >= 15 is 0 Å². The van der Waals surface area contributed by atoms with Crippen molar-refractivity contribution in [2.24, 2.45) is 5.10 Å². The molecule has 0 saturated carbocycles. The molecule has 0 atom stereocenters. The third kappa shape index (κ3) is 5.48. The van der Waals surface area contributed by atoms with Crippen LogP contribution in [0.5, 0.6) is 17.2 Å². The Kier molecular flexibility index (Phi) is 8.47. The molecule has 1 aromatic carbocycles. The maximum atomic E-state index is 12.5. The molecule has 2 amide bonds. The van der Waals surface area contributed by atoms with E-state index in [4.69, 9.17) is 18.9 Å². The Balaban J connectivity index is 1.73. The van der Waals surface area contributed by atoms with Gasteiger partial charge in [-0.1, -0.05) is 0 Å². The minimum absolute atomic E-state index is 0.214. The second-order valence-corrected chi connectivity index (χ2v) is 8.34. The fraction of sp³-hybridized carbons (Fsp3) is 0.391. The molecule has 1 aliphatic rings. The van der Waals surface area contributed by atoms with Gasteiger partial charge in [-0.15, -0.1) is 11.3 Å². The molecule has 2 N–H and O–H groups in total. The van der Waals surface area contributed by atoms with E-state index in [1.54, 1.807) is 19.1 Å². The predicted molar refractivity (Wildman–Crippen MR) is 127 cm³/mol. The lowest BCUT2D eigenvalue weighted by molar-refractivity contribution is -0.136. The monoisotopic (exact) mass is 489 g/mol. The molecule has 3 rings (SSSR count). The Labute approximate surface area is 201 Å². The van der Waals surface area contributed by atoms with Crippen LogP contribution in [0.2, 0.25) is 0 Å². The number of fused-ring (bicyclic) bond motifs is 1. The molecule has 182 valence electrons. The van der Waals surface area contributed by atoms with Gasteiger partial charge >= 0.3 is 17.8 Å². The summed E-state index contributed by atoms with van der Waals surface area (Å²) in [5.74, 6) is -1.09. The van der Waals surface area contributed by atoms with Crippen molar-refractivity contribution in [2.75, 3.05) is 33.3 Å². The fourth-order valence-electron chi connectivity index (χ4n) is 3.60. The van der Waals surface area contributed by atoms with Crippen molar-refractivity contribution in [3.05, 3.63) is 33.7 Å². The van der Waals surface area contributed by atoms with E-state index in [9.17, 15) is 14.4 Å². The van der Waals surface area contributed by atoms with E-state index in [1.807, 2.05) is 0 Å². The highest BCUT2D eigenvalue weighted by Crippen LogP contribution is 2.38. The van der Waals surface area contributed by atoms with Crippen LogP contribution in [0.15, 0.2) is 17.2 Å². The summed E-state index contributed by atoms with van der Waals surface area (Å²) in [6.07, 6.45) is 4.85. The quantitative estimate of drug-likeness (QED) is 0.253. The van der Waals surface area contributed by atoms with Crippen LogP contribution in [0, 0.1) is 0 Å². The molecule has 0 saturated heterocycles. The number of esters is 1. The first-order valence-corrected chi connectivity index (χ1v) is 11.5. The van der Waals surface area contributed by atoms with Gasteiger partial charge in [0.05, 0.1) is 39.7 Å². The van der Waals surface area contributed by atoms with E-state index in [0.717, 1.165) is 36.1 Å². The summed E-state index contributed by atoms with van der Waals surface area (Å²) in [6, 6.07) is 3.24. The third-order valence-electron chi connectivity index (χ3n) is 5.19. The number of methoxy groups -OCH3 is 3. The number of carbonyl (C=O) groups excluding carboxylic acids is 3. The number of carbonyl (C=O) groups is 3. The van der Waals surface area contributed by atoms with Crippen molar-refractivity contribution in [1.29, 1.82) is 0 Å². The molecule has 0 radical (unpaired) electrons. The number of hydrazone groups is 1. The van der Waals surface area contributed by atoms with Crippen LogP contribution in [0.3, 0.4) is 0 Å². The first-order valence-electron chi connectivity index (χ1n) is 10.7. The molecule has 1 heterocycles. The predicted octanol–water partition coefficient (Wildman–Crippen LogP) is 2.92. The van der Waals surface area contributed by atoms with Crippen molar-refractivity contribution in [3.63, 3.8) is 0 Å². The maximum absolute atomic E-state index is 12.5. The Morgan fingerprint density at radius 2 is 1.68 bits per heavy atom. The van der Waals surface area contributed by atoms with E-state index in [0.29, 0.717) is 33.4 Å². The number of rotatable bonds is 8. The van der Waals surface area contributed by atoms with Crippen LogP contribution in [-0.4, -0.2) is 51.9 Å². The number of aryl methyl sites for hydroxylation is 1. The molecular weight excluding hydrogens is 462 g/mol. The second-order valence-electron chi connectivity index (χ2n) is 7.24. The number of amides is 2. The molecule has 10 nitrogen and oxygen atoms in total. The summed E-state index contributed by atoms with van der Waals surface area (Å²) in [5.41, 5.74) is 3.91. The Morgan fingerprint density at radius 1 is 1.00 bits per heavy atom. The molecule has 0 fully saturated rings. The van der Waals surface area contributed by atoms with Gasteiger partial charge in [-0.25, -0.2) is 10.2 Å². The molecule has 11 heteroatoms. The number of ether oxygens (including phenoxy) is 4. The van der Waals surface area contributed by atoms with Crippen molar-refractivity contribution in [1.82, 2.24) is 5.43 Å². The lowest BCUT2D eigenvalue weighted by Gasteiger charge is -2.12. The normalized spacial score (nSPS) is 12.6. The van der Waals surface area contributed by atoms with Crippen LogP contribution in [0.4, 0.5) is 5.00 Å². The maximum Gasteiger partial charge on any atom is 0.341 e. The van der Waals surface area contributed by atoms with Gasteiger partial charge in [-0.05, 0) is 44.2 Å². The molecule has 1 aliphatic carbocycles. The number of anilines is 1. The average molecular weight is 490 g/mol. The molecule has 2 aromatic rings. The van der Waals surface area contributed by atoms with E-state index in [-0.39, 0.29) is 6.61 Å². The van der Waals surface area contributed by atoms with E-state index in [2.05, 4.69) is 15.8 Å². The summed E-state index contributed by atoms with van der Waals surface area (Å²) in [5, 5.41) is 6.70. The van der Waals surface area contributed by atoms with Gasteiger partial charge in [0.15, 0.2) is 11.5 Å². The van der Waals surface area contributed by atoms with Gasteiger partial charge in [-0.2, -0.15) is 5.10 Å². The highest BCUT2D eigenvalue weighted by Gasteiger charge is 2.28. The lowest BCUT2D eigenvalue weighted by Crippen LogP contribution is -2.32. The summed E-state index contributed by atoms with van der Waals surface area (Å²) >= 11 is 1.30. The molecule has 0 aliphatic heterocycles. The first-order chi connectivity index (χ1) is 16.4. The van der Waals surface area contributed by atoms with Gasteiger partial charge in [0, 0.05) is 16.5 Å². The summed E-state index contributed by atoms with van der Waals surface area (Å²) in [4.78, 5) is 38.4. The number of thiophene rings is 1. The third-order valence-corrected chi connectivity index (χ3v) is 6.40. The van der Waals surface area contributed by atoms with E-state index < -0.39 is 17.8 Å². The van der Waals surface area contributed by atoms with Crippen molar-refractivity contribution in [3.8, 4) is 17.2 Å². The molecule has 0 spiro atoms. The average Bonchev–Trinajstić information content (AvgIpc) is 3.21. The summed E-state index contributed by atoms with van der Waals surface area (Å²) < 4.78 is 21.0. The molecule has 0 bridgehead atoms. The van der Waals surface area contributed by atoms with Crippen LogP contribution < -0.4 is 25.0 Å². The molecule has 1 aromatic heterocycles. The van der Waals surface area contributed by atoms with Gasteiger partial charge in [0.2, 0.25) is 0 Å². The Hall–Kier alpha value is -3.60. The van der Waals surface area contributed by atoms with Crippen molar-refractivity contribution in [2.45, 2.75) is 32.6 Å². The SMILES string of the molecule is CCOC(=O)c1c(NC(=O)C(=O)NN=Cc2cc(OC)c(OC)cc2OC)sc2c1CCCC2. The van der Waals surface area contributed by atoms with Gasteiger partial charge in [0.1, 0.15) is 10.8 Å². The number of hydrogen-bond acceptors (Lipinski definition) is 9. The van der Waals surface area contributed by atoms with Crippen LogP contribution in [0.1, 0.15) is 46.1 Å². The zero-order valence-electron chi connectivity index (χ0n) is 19.5. The van der Waals surface area contributed by atoms with Crippen LogP contribution >= 0.6 is 11.3 Å². The van der Waals surface area contributed by atoms with E-state index in [1.165, 1.54) is 38.9 Å². The summed E-state index contributed by atoms with van der Waals surface area (Å²) in [7, 11) is 4.47. The molecule has 34 heavy (non-hydrogen) atoms. The number of hydrogen-bond donors (Lipinski definition) is 2. The number of nitrogens with zero attached hydrogens (tertiary/aromatic N) is 1. The molecular formula is C23H27N3O7S. The van der Waals surface area contributed by atoms with Crippen LogP contribution in [0.25, 0.3) is 0 Å². The first kappa shape index (κ1) is 25.0. The zero-order valence-corrected chi connectivity index (χ0v) is 20.3. The smallest absolute Gasteiger partial charge is 0.341 e. The topological polar surface area (TPSA) is 125 Å². The lowest BCUT2D eigenvalue weighted by atomic mass is 9.95. The molecule has 0 unspecified atom stereocenters. The highest BCUT2D eigenvalue weighted by molar-refractivity contribution is 7.17. The second kappa shape index (κ2) is 11.5. The van der Waals surface area contributed by atoms with Gasteiger partial charge < -0.3 is 24.3 Å². The largest absolute Gasteiger partial charge is 0.496 e. The minimum atomic E-state index is -0.989. The number of nitrogens with one attached hydrogen (secondary N) is 2. The van der Waals surface area contributed by atoms with Gasteiger partial charge in [-0.3, -0.25) is 9.59 Å². The summed E-state index contributed by atoms with van der Waals surface area (Å²) in [6.45, 7) is 1.93. The Bertz CT molecular complexity index is 1110. The van der Waals surface area contributed by atoms with Crippen molar-refractivity contribution >= 4 is 40.3 Å². The highest BCUT2D eigenvalue weighted by atomic mass is 32.1. The van der Waals surface area contributed by atoms with Crippen LogP contribution in [-0.2, 0) is 27.2 Å². The minimum Gasteiger partial charge on any atom is -0.496 e.